The minimum atomic E-state index is 0.0300. The number of hydrogen-bond donors (Lipinski definition) is 1. The first-order chi connectivity index (χ1) is 9.15. The molecule has 0 aliphatic carbocycles. The summed E-state index contributed by atoms with van der Waals surface area (Å²) in [5.41, 5.74) is 4.27. The average molecular weight is 250 g/mol. The zero-order chi connectivity index (χ0) is 13.4. The first kappa shape index (κ1) is 11.7. The number of carbonyl (C=O) groups excluding carboxylic acids is 1. The van der Waals surface area contributed by atoms with Gasteiger partial charge in [0.2, 0.25) is 0 Å². The van der Waals surface area contributed by atoms with Crippen molar-refractivity contribution in [2.45, 2.75) is 13.8 Å². The largest absolute Gasteiger partial charge is 0.345 e. The lowest BCUT2D eigenvalue weighted by Crippen LogP contribution is -2.00. The van der Waals surface area contributed by atoms with Gasteiger partial charge in [0.25, 0.3) is 0 Å². The molecule has 2 aromatic heterocycles. The molecular weight excluding hydrogens is 236 g/mol. The lowest BCUT2D eigenvalue weighted by Gasteiger charge is -2.01. The quantitative estimate of drug-likeness (QED) is 0.708. The van der Waals surface area contributed by atoms with E-state index in [4.69, 9.17) is 0 Å². The third-order valence-corrected chi connectivity index (χ3v) is 3.19. The Morgan fingerprint density at radius 1 is 1.16 bits per heavy atom. The van der Waals surface area contributed by atoms with Crippen LogP contribution < -0.4 is 0 Å². The van der Waals surface area contributed by atoms with Crippen LogP contribution in [0.3, 0.4) is 0 Å². The number of hydrogen-bond acceptors (Lipinski definition) is 2. The Morgan fingerprint density at radius 3 is 2.79 bits per heavy atom. The molecule has 1 N–H and O–H groups in total. The van der Waals surface area contributed by atoms with Crippen LogP contribution in [0.1, 0.15) is 27.0 Å². The lowest BCUT2D eigenvalue weighted by atomic mass is 10.0. The van der Waals surface area contributed by atoms with Gasteiger partial charge in [0.05, 0.1) is 0 Å². The van der Waals surface area contributed by atoms with Gasteiger partial charge in [-0.1, -0.05) is 23.8 Å². The minimum Gasteiger partial charge on any atom is -0.345 e. The van der Waals surface area contributed by atoms with Crippen LogP contribution in [0.25, 0.3) is 11.0 Å². The summed E-state index contributed by atoms with van der Waals surface area (Å²) in [6.07, 6.45) is 3.53. The van der Waals surface area contributed by atoms with Crippen LogP contribution in [0, 0.1) is 13.8 Å². The average Bonchev–Trinajstić information content (AvgIpc) is 2.80. The summed E-state index contributed by atoms with van der Waals surface area (Å²) < 4.78 is 0. The topological polar surface area (TPSA) is 45.8 Å². The maximum atomic E-state index is 12.5. The number of pyridine rings is 1. The fraction of sp³-hybridized carbons (Fsp3) is 0.125. The number of carbonyl (C=O) groups is 1. The molecule has 0 fully saturated rings. The van der Waals surface area contributed by atoms with Crippen molar-refractivity contribution in [2.24, 2.45) is 0 Å². The van der Waals surface area contributed by atoms with E-state index in [0.717, 1.165) is 22.2 Å². The predicted octanol–water partition coefficient (Wildman–Crippen LogP) is 3.41. The van der Waals surface area contributed by atoms with Gasteiger partial charge in [-0.2, -0.15) is 0 Å². The van der Waals surface area contributed by atoms with Gasteiger partial charge in [0.1, 0.15) is 5.65 Å². The number of aromatic nitrogens is 2. The van der Waals surface area contributed by atoms with Crippen molar-refractivity contribution in [1.82, 2.24) is 9.97 Å². The number of H-pyrrole nitrogens is 1. The molecular formula is C16H14N2O. The zero-order valence-electron chi connectivity index (χ0n) is 10.9. The number of aromatic amines is 1. The minimum absolute atomic E-state index is 0.0300. The number of aryl methyl sites for hydroxylation is 2. The first-order valence-corrected chi connectivity index (χ1v) is 6.20. The predicted molar refractivity (Wildman–Crippen MR) is 75.4 cm³/mol. The fourth-order valence-electron chi connectivity index (χ4n) is 2.24. The van der Waals surface area contributed by atoms with E-state index < -0.39 is 0 Å². The SMILES string of the molecule is Cc1cccc(C(=O)c2c[nH]c3ncc(C)cc23)c1. The van der Waals surface area contributed by atoms with Crippen molar-refractivity contribution in [2.75, 3.05) is 0 Å². The molecule has 3 aromatic rings. The highest BCUT2D eigenvalue weighted by Gasteiger charge is 2.14. The third-order valence-electron chi connectivity index (χ3n) is 3.19. The van der Waals surface area contributed by atoms with Gasteiger partial charge >= 0.3 is 0 Å². The Labute approximate surface area is 111 Å². The molecule has 0 saturated carbocycles. The number of ketones is 1. The van der Waals surface area contributed by atoms with E-state index in [1.165, 1.54) is 0 Å². The number of nitrogens with zero attached hydrogens (tertiary/aromatic N) is 1. The molecule has 0 spiro atoms. The van der Waals surface area contributed by atoms with Crippen LogP contribution >= 0.6 is 0 Å². The second-order valence-corrected chi connectivity index (χ2v) is 4.81. The molecule has 0 unspecified atom stereocenters. The number of rotatable bonds is 2. The van der Waals surface area contributed by atoms with Crippen molar-refractivity contribution in [3.05, 3.63) is 65.0 Å². The molecule has 0 aliphatic rings. The van der Waals surface area contributed by atoms with Crippen LogP contribution in [0.5, 0.6) is 0 Å². The summed E-state index contributed by atoms with van der Waals surface area (Å²) in [5, 5.41) is 0.881. The summed E-state index contributed by atoms with van der Waals surface area (Å²) >= 11 is 0. The van der Waals surface area contributed by atoms with Crippen LogP contribution in [0.2, 0.25) is 0 Å². The van der Waals surface area contributed by atoms with Gasteiger partial charge in [-0.25, -0.2) is 4.98 Å². The summed E-state index contributed by atoms with van der Waals surface area (Å²) in [4.78, 5) is 19.9. The van der Waals surface area contributed by atoms with Crippen molar-refractivity contribution < 1.29 is 4.79 Å². The Hall–Kier alpha value is -2.42. The molecule has 0 atom stereocenters. The van der Waals surface area contributed by atoms with Crippen molar-refractivity contribution in [3.8, 4) is 0 Å². The first-order valence-electron chi connectivity index (χ1n) is 6.20. The van der Waals surface area contributed by atoms with Crippen molar-refractivity contribution in [3.63, 3.8) is 0 Å². The molecule has 3 heteroatoms. The third kappa shape index (κ3) is 2.03. The van der Waals surface area contributed by atoms with Gasteiger partial charge in [0.15, 0.2) is 5.78 Å². The molecule has 0 aliphatic heterocycles. The molecule has 94 valence electrons. The Kier molecular flexibility index (Phi) is 2.67. The maximum absolute atomic E-state index is 12.5. The lowest BCUT2D eigenvalue weighted by molar-refractivity contribution is 0.104. The van der Waals surface area contributed by atoms with Gasteiger partial charge in [-0.05, 0) is 31.5 Å². The second-order valence-electron chi connectivity index (χ2n) is 4.81. The van der Waals surface area contributed by atoms with E-state index in [2.05, 4.69) is 9.97 Å². The van der Waals surface area contributed by atoms with Crippen molar-refractivity contribution in [1.29, 1.82) is 0 Å². The highest BCUT2D eigenvalue weighted by atomic mass is 16.1. The van der Waals surface area contributed by atoms with Crippen LogP contribution in [-0.4, -0.2) is 15.8 Å². The van der Waals surface area contributed by atoms with Gasteiger partial charge < -0.3 is 4.98 Å². The van der Waals surface area contributed by atoms with Gasteiger partial charge in [-0.15, -0.1) is 0 Å². The highest BCUT2D eigenvalue weighted by Crippen LogP contribution is 2.21. The number of fused-ring (bicyclic) bond motifs is 1. The normalized spacial score (nSPS) is 10.8. The van der Waals surface area contributed by atoms with Crippen LogP contribution in [0.15, 0.2) is 42.7 Å². The van der Waals surface area contributed by atoms with Gasteiger partial charge in [0, 0.05) is 28.9 Å². The van der Waals surface area contributed by atoms with E-state index in [1.807, 2.05) is 44.2 Å². The molecule has 0 amide bonds. The molecule has 0 saturated heterocycles. The molecule has 1 aromatic carbocycles. The Balaban J connectivity index is 2.14. The molecule has 0 radical (unpaired) electrons. The van der Waals surface area contributed by atoms with Crippen molar-refractivity contribution >= 4 is 16.8 Å². The fourth-order valence-corrected chi connectivity index (χ4v) is 2.24. The van der Waals surface area contributed by atoms with E-state index in [1.54, 1.807) is 12.4 Å². The van der Waals surface area contributed by atoms with Gasteiger partial charge in [-0.3, -0.25) is 4.79 Å². The van der Waals surface area contributed by atoms with E-state index >= 15 is 0 Å². The highest BCUT2D eigenvalue weighted by molar-refractivity contribution is 6.16. The smallest absolute Gasteiger partial charge is 0.195 e. The summed E-state index contributed by atoms with van der Waals surface area (Å²) in [6.45, 7) is 3.96. The molecule has 2 heterocycles. The standard InChI is InChI=1S/C16H14N2O/c1-10-4-3-5-12(6-10)15(19)14-9-18-16-13(14)7-11(2)8-17-16/h3-9H,1-2H3,(H,17,18). The summed E-state index contributed by atoms with van der Waals surface area (Å²) in [6, 6.07) is 9.63. The molecule has 0 bridgehead atoms. The monoisotopic (exact) mass is 250 g/mol. The van der Waals surface area contributed by atoms with E-state index in [9.17, 15) is 4.79 Å². The summed E-state index contributed by atoms with van der Waals surface area (Å²) in [5.74, 6) is 0.0300. The molecule has 3 rings (SSSR count). The Bertz CT molecular complexity index is 771. The number of benzene rings is 1. The molecule has 19 heavy (non-hydrogen) atoms. The Morgan fingerprint density at radius 2 is 2.00 bits per heavy atom. The summed E-state index contributed by atoms with van der Waals surface area (Å²) in [7, 11) is 0. The van der Waals surface area contributed by atoms with E-state index in [0.29, 0.717) is 11.1 Å². The van der Waals surface area contributed by atoms with E-state index in [-0.39, 0.29) is 5.78 Å². The van der Waals surface area contributed by atoms with Crippen LogP contribution in [-0.2, 0) is 0 Å². The second kappa shape index (κ2) is 4.35. The number of nitrogens with one attached hydrogen (secondary N) is 1. The maximum Gasteiger partial charge on any atom is 0.195 e. The zero-order valence-corrected chi connectivity index (χ0v) is 10.9. The van der Waals surface area contributed by atoms with Crippen LogP contribution in [0.4, 0.5) is 0 Å². The molecule has 3 nitrogen and oxygen atoms in total.